The molecule has 0 bridgehead atoms. The highest BCUT2D eigenvalue weighted by Crippen LogP contribution is 2.27. The molecule has 1 saturated heterocycles. The molecule has 162 valence electrons. The molecular weight excluding hydrogens is 468 g/mol. The van der Waals surface area contributed by atoms with E-state index in [9.17, 15) is 4.79 Å². The third-order valence-corrected chi connectivity index (χ3v) is 5.46. The van der Waals surface area contributed by atoms with Gasteiger partial charge in [0.1, 0.15) is 18.0 Å². The van der Waals surface area contributed by atoms with Crippen molar-refractivity contribution < 1.29 is 14.3 Å². The standard InChI is InChI=1S/C23H28BrClN2O3/c1-23(2,3)30-22(28)26-20-10-11-27(14-20)13-17-12-18(24)6-9-21(17)29-15-16-4-7-19(25)8-5-16/h4-9,12,20H,10-11,13-15H2,1-3H3,(H,26,28). The summed E-state index contributed by atoms with van der Waals surface area (Å²) in [5.41, 5.74) is 1.68. The summed E-state index contributed by atoms with van der Waals surface area (Å²) in [6, 6.07) is 13.8. The molecule has 2 aromatic rings. The van der Waals surface area contributed by atoms with Crippen LogP contribution in [0.4, 0.5) is 4.79 Å². The van der Waals surface area contributed by atoms with E-state index in [0.29, 0.717) is 11.6 Å². The Bertz CT molecular complexity index is 868. The minimum atomic E-state index is -0.491. The number of hydrogen-bond donors (Lipinski definition) is 1. The molecule has 0 aromatic heterocycles. The van der Waals surface area contributed by atoms with Gasteiger partial charge in [-0.3, -0.25) is 4.90 Å². The lowest BCUT2D eigenvalue weighted by Crippen LogP contribution is -2.40. The zero-order valence-corrected chi connectivity index (χ0v) is 19.9. The molecule has 1 heterocycles. The van der Waals surface area contributed by atoms with Crippen LogP contribution in [0.3, 0.4) is 0 Å². The molecule has 30 heavy (non-hydrogen) atoms. The largest absolute Gasteiger partial charge is 0.489 e. The molecule has 5 nitrogen and oxygen atoms in total. The van der Waals surface area contributed by atoms with Gasteiger partial charge in [0.05, 0.1) is 0 Å². The lowest BCUT2D eigenvalue weighted by Gasteiger charge is -2.22. The first-order chi connectivity index (χ1) is 14.2. The van der Waals surface area contributed by atoms with E-state index in [2.05, 4.69) is 32.2 Å². The number of rotatable bonds is 6. The molecule has 0 aliphatic carbocycles. The second-order valence-electron chi connectivity index (χ2n) is 8.53. The van der Waals surface area contributed by atoms with E-state index in [1.165, 1.54) is 0 Å². The molecule has 1 aliphatic heterocycles. The number of benzene rings is 2. The van der Waals surface area contributed by atoms with Gasteiger partial charge in [-0.15, -0.1) is 0 Å². The number of hydrogen-bond acceptors (Lipinski definition) is 4. The van der Waals surface area contributed by atoms with E-state index in [4.69, 9.17) is 21.1 Å². The van der Waals surface area contributed by atoms with Gasteiger partial charge in [0.2, 0.25) is 0 Å². The Morgan fingerprint density at radius 3 is 2.67 bits per heavy atom. The zero-order chi connectivity index (χ0) is 21.7. The summed E-state index contributed by atoms with van der Waals surface area (Å²) in [5.74, 6) is 0.858. The molecule has 0 radical (unpaired) electrons. The molecule has 1 amide bonds. The quantitative estimate of drug-likeness (QED) is 0.552. The van der Waals surface area contributed by atoms with Crippen molar-refractivity contribution in [3.05, 3.63) is 63.1 Å². The Morgan fingerprint density at radius 1 is 1.23 bits per heavy atom. The predicted octanol–water partition coefficient (Wildman–Crippen LogP) is 5.78. The molecule has 0 spiro atoms. The zero-order valence-electron chi connectivity index (χ0n) is 17.6. The second-order valence-corrected chi connectivity index (χ2v) is 9.89. The fraction of sp³-hybridized carbons (Fsp3) is 0.435. The summed E-state index contributed by atoms with van der Waals surface area (Å²) in [4.78, 5) is 14.4. The second kappa shape index (κ2) is 10.0. The topological polar surface area (TPSA) is 50.8 Å². The SMILES string of the molecule is CC(C)(C)OC(=O)NC1CCN(Cc2cc(Br)ccc2OCc2ccc(Cl)cc2)C1. The summed E-state index contributed by atoms with van der Waals surface area (Å²) >= 11 is 9.52. The van der Waals surface area contributed by atoms with Gasteiger partial charge in [0, 0.05) is 40.7 Å². The van der Waals surface area contributed by atoms with E-state index in [1.54, 1.807) is 0 Å². The van der Waals surface area contributed by atoms with Crippen molar-refractivity contribution in [2.45, 2.75) is 52.0 Å². The number of halogens is 2. The van der Waals surface area contributed by atoms with E-state index < -0.39 is 5.60 Å². The average molecular weight is 496 g/mol. The van der Waals surface area contributed by atoms with Crippen LogP contribution in [0, 0.1) is 0 Å². The van der Waals surface area contributed by atoms with Crippen LogP contribution in [0.5, 0.6) is 5.75 Å². The third kappa shape index (κ3) is 7.18. The van der Waals surface area contributed by atoms with Crippen molar-refractivity contribution in [1.82, 2.24) is 10.2 Å². The van der Waals surface area contributed by atoms with Gasteiger partial charge >= 0.3 is 6.09 Å². The van der Waals surface area contributed by atoms with Gasteiger partial charge in [-0.05, 0) is 63.1 Å². The smallest absolute Gasteiger partial charge is 0.407 e. The van der Waals surface area contributed by atoms with Gasteiger partial charge < -0.3 is 14.8 Å². The van der Waals surface area contributed by atoms with Crippen LogP contribution >= 0.6 is 27.5 Å². The highest BCUT2D eigenvalue weighted by Gasteiger charge is 2.26. The monoisotopic (exact) mass is 494 g/mol. The van der Waals surface area contributed by atoms with E-state index >= 15 is 0 Å². The third-order valence-electron chi connectivity index (χ3n) is 4.72. The molecule has 0 saturated carbocycles. The lowest BCUT2D eigenvalue weighted by molar-refractivity contribution is 0.0505. The maximum absolute atomic E-state index is 12.0. The van der Waals surface area contributed by atoms with Crippen molar-refractivity contribution in [2.24, 2.45) is 0 Å². The van der Waals surface area contributed by atoms with Gasteiger partial charge in [0.25, 0.3) is 0 Å². The van der Waals surface area contributed by atoms with E-state index in [-0.39, 0.29) is 12.1 Å². The molecule has 1 fully saturated rings. The van der Waals surface area contributed by atoms with Gasteiger partial charge in [0.15, 0.2) is 0 Å². The number of nitrogens with zero attached hydrogens (tertiary/aromatic N) is 1. The Morgan fingerprint density at radius 2 is 1.97 bits per heavy atom. The highest BCUT2D eigenvalue weighted by atomic mass is 79.9. The van der Waals surface area contributed by atoms with Gasteiger partial charge in [-0.2, -0.15) is 0 Å². The molecule has 7 heteroatoms. The van der Waals surface area contributed by atoms with Crippen LogP contribution in [0.15, 0.2) is 46.9 Å². The highest BCUT2D eigenvalue weighted by molar-refractivity contribution is 9.10. The average Bonchev–Trinajstić information content (AvgIpc) is 3.07. The van der Waals surface area contributed by atoms with Crippen LogP contribution in [0.1, 0.15) is 38.3 Å². The Balaban J connectivity index is 1.57. The van der Waals surface area contributed by atoms with Crippen molar-refractivity contribution in [3.8, 4) is 5.75 Å². The van der Waals surface area contributed by atoms with Crippen LogP contribution in [-0.2, 0) is 17.9 Å². The number of carbonyl (C=O) groups excluding carboxylic acids is 1. The van der Waals surface area contributed by atoms with Crippen LogP contribution in [0.25, 0.3) is 0 Å². The fourth-order valence-electron chi connectivity index (χ4n) is 3.36. The molecule has 3 rings (SSSR count). The molecule has 1 aliphatic rings. The van der Waals surface area contributed by atoms with Gasteiger partial charge in [-0.25, -0.2) is 4.79 Å². The maximum Gasteiger partial charge on any atom is 0.407 e. The summed E-state index contributed by atoms with van der Waals surface area (Å²) in [7, 11) is 0. The number of likely N-dealkylation sites (tertiary alicyclic amines) is 1. The van der Waals surface area contributed by atoms with Crippen LogP contribution in [0.2, 0.25) is 5.02 Å². The maximum atomic E-state index is 12.0. The van der Waals surface area contributed by atoms with Crippen molar-refractivity contribution >= 4 is 33.6 Å². The molecular formula is C23H28BrClN2O3. The summed E-state index contributed by atoms with van der Waals surface area (Å²) < 4.78 is 12.5. The summed E-state index contributed by atoms with van der Waals surface area (Å²) in [6.07, 6.45) is 0.539. The molecule has 1 atom stereocenters. The van der Waals surface area contributed by atoms with Gasteiger partial charge in [-0.1, -0.05) is 39.7 Å². The molecule has 2 aromatic carbocycles. The number of carbonyl (C=O) groups is 1. The lowest BCUT2D eigenvalue weighted by atomic mass is 10.2. The first-order valence-electron chi connectivity index (χ1n) is 10.1. The van der Waals surface area contributed by atoms with Crippen molar-refractivity contribution in [1.29, 1.82) is 0 Å². The molecule has 1 unspecified atom stereocenters. The van der Waals surface area contributed by atoms with Crippen LogP contribution < -0.4 is 10.1 Å². The van der Waals surface area contributed by atoms with Crippen molar-refractivity contribution in [2.75, 3.05) is 13.1 Å². The Kier molecular flexibility index (Phi) is 7.66. The number of nitrogens with one attached hydrogen (secondary N) is 1. The number of ether oxygens (including phenoxy) is 2. The Labute approximate surface area is 191 Å². The van der Waals surface area contributed by atoms with E-state index in [0.717, 1.165) is 47.4 Å². The number of alkyl carbamates (subject to hydrolysis) is 1. The van der Waals surface area contributed by atoms with Crippen LogP contribution in [-0.4, -0.2) is 35.7 Å². The minimum Gasteiger partial charge on any atom is -0.489 e. The first-order valence-corrected chi connectivity index (χ1v) is 11.2. The summed E-state index contributed by atoms with van der Waals surface area (Å²) in [5, 5.41) is 3.69. The predicted molar refractivity (Wildman–Crippen MR) is 123 cm³/mol. The van der Waals surface area contributed by atoms with Crippen molar-refractivity contribution in [3.63, 3.8) is 0 Å². The fourth-order valence-corrected chi connectivity index (χ4v) is 3.90. The Hall–Kier alpha value is -1.76. The number of amides is 1. The molecule has 1 N–H and O–H groups in total. The summed E-state index contributed by atoms with van der Waals surface area (Å²) in [6.45, 7) is 8.52. The normalized spacial score (nSPS) is 17.0. The van der Waals surface area contributed by atoms with E-state index in [1.807, 2.05) is 57.2 Å². The minimum absolute atomic E-state index is 0.0884. The first kappa shape index (κ1) is 22.9.